The number of aromatic amines is 2. The molecule has 9 atom stereocenters. The molecule has 0 bridgehead atoms. The summed E-state index contributed by atoms with van der Waals surface area (Å²) in [4.78, 5) is 40.8. The standard InChI is InChI=1S/C21H24F2N8O10P2S2/c22-7-2-30(16-12(7)18(33)26-5-25-16)11-1-8(40-42(35)44)10(38-11)4-37-43(36,45)41-15-13(23)9(3-32)39-20(15)31-6-27-14-17(31)28-21(24)29-19(14)34/h2,5-6,8-11,13,15,20,32,42H,1,3-4H2,(H,35,44)(H,36,45)(H,25,26,33)(H3,24,28,29,34)/t8-,9+,10+,11+,13+,15+,20+,43?/m0/s1. The first-order chi connectivity index (χ1) is 21.4. The maximum atomic E-state index is 15.4. The maximum absolute atomic E-state index is 15.4. The van der Waals surface area contributed by atoms with E-state index in [9.17, 15) is 28.2 Å². The summed E-state index contributed by atoms with van der Waals surface area (Å²) in [5.41, 5.74) is 3.95. The van der Waals surface area contributed by atoms with Gasteiger partial charge < -0.3 is 34.4 Å². The van der Waals surface area contributed by atoms with Crippen LogP contribution in [0, 0.1) is 5.82 Å². The number of imidazole rings is 1. The van der Waals surface area contributed by atoms with Crippen molar-refractivity contribution >= 4 is 66.7 Å². The second-order valence-corrected chi connectivity index (χ2v) is 14.6. The molecule has 0 radical (unpaired) electrons. The van der Waals surface area contributed by atoms with Gasteiger partial charge in [0.05, 0.1) is 32.0 Å². The molecule has 2 aliphatic rings. The first-order valence-corrected chi connectivity index (χ1v) is 18.2. The van der Waals surface area contributed by atoms with E-state index in [1.807, 2.05) is 0 Å². The molecule has 0 amide bonds. The van der Waals surface area contributed by atoms with Crippen molar-refractivity contribution in [3.63, 3.8) is 0 Å². The molecule has 45 heavy (non-hydrogen) atoms. The van der Waals surface area contributed by atoms with Gasteiger partial charge in [0.2, 0.25) is 13.2 Å². The summed E-state index contributed by atoms with van der Waals surface area (Å²) in [6.07, 6.45) is -6.61. The number of nitrogens with zero attached hydrogens (tertiary/aromatic N) is 5. The van der Waals surface area contributed by atoms with Crippen LogP contribution < -0.4 is 16.9 Å². The van der Waals surface area contributed by atoms with Gasteiger partial charge in [-0.3, -0.25) is 32.8 Å². The Morgan fingerprint density at radius 3 is 2.73 bits per heavy atom. The average molecular weight is 713 g/mol. The zero-order chi connectivity index (χ0) is 32.2. The number of nitrogens with one attached hydrogen (secondary N) is 2. The summed E-state index contributed by atoms with van der Waals surface area (Å²) in [7, 11) is -2.84. The Morgan fingerprint density at radius 2 is 2.00 bits per heavy atom. The summed E-state index contributed by atoms with van der Waals surface area (Å²) in [5, 5.41) is 9.35. The van der Waals surface area contributed by atoms with Crippen molar-refractivity contribution in [3.8, 4) is 0 Å². The van der Waals surface area contributed by atoms with Crippen molar-refractivity contribution in [3.05, 3.63) is 45.4 Å². The van der Waals surface area contributed by atoms with Gasteiger partial charge in [0.15, 0.2) is 35.0 Å². The predicted molar refractivity (Wildman–Crippen MR) is 158 cm³/mol. The molecule has 244 valence electrons. The summed E-state index contributed by atoms with van der Waals surface area (Å²) < 4.78 is 85.4. The molecule has 5 N–H and O–H groups in total. The Balaban J connectivity index is 1.21. The van der Waals surface area contributed by atoms with Crippen LogP contribution in [0.5, 0.6) is 0 Å². The molecule has 18 nitrogen and oxygen atoms in total. The van der Waals surface area contributed by atoms with Crippen LogP contribution in [0.15, 0.2) is 28.4 Å². The molecule has 4 aromatic heterocycles. The lowest BCUT2D eigenvalue weighted by molar-refractivity contribution is -0.0508. The highest BCUT2D eigenvalue weighted by Crippen LogP contribution is 2.57. The van der Waals surface area contributed by atoms with E-state index in [-0.39, 0.29) is 34.6 Å². The van der Waals surface area contributed by atoms with Gasteiger partial charge in [0.25, 0.3) is 11.1 Å². The topological polar surface area (TPSA) is 241 Å². The normalized spacial score (nSPS) is 29.0. The molecular formula is C21H24F2N8O10P2S2. The predicted octanol–water partition coefficient (Wildman–Crippen LogP) is 1.24. The fourth-order valence-corrected chi connectivity index (χ4v) is 7.57. The van der Waals surface area contributed by atoms with E-state index < -0.39 is 87.2 Å². The van der Waals surface area contributed by atoms with E-state index in [0.717, 1.165) is 23.4 Å². The van der Waals surface area contributed by atoms with Crippen LogP contribution in [0.25, 0.3) is 22.2 Å². The van der Waals surface area contributed by atoms with Gasteiger partial charge in [0.1, 0.15) is 29.9 Å². The van der Waals surface area contributed by atoms with Crippen molar-refractivity contribution in [2.24, 2.45) is 0 Å². The monoisotopic (exact) mass is 712 g/mol. The minimum absolute atomic E-state index is 0.0340. The molecule has 6 heterocycles. The van der Waals surface area contributed by atoms with E-state index in [4.69, 9.17) is 28.8 Å². The lowest BCUT2D eigenvalue weighted by Crippen LogP contribution is -2.32. The number of rotatable bonds is 10. The first kappa shape index (κ1) is 32.3. The van der Waals surface area contributed by atoms with Gasteiger partial charge in [-0.2, -0.15) is 4.98 Å². The number of halogens is 2. The molecule has 0 aromatic carbocycles. The van der Waals surface area contributed by atoms with Crippen LogP contribution in [0.1, 0.15) is 18.9 Å². The summed E-state index contributed by atoms with van der Waals surface area (Å²) in [5.74, 6) is -1.13. The van der Waals surface area contributed by atoms with Crippen molar-refractivity contribution in [2.45, 2.75) is 49.5 Å². The van der Waals surface area contributed by atoms with Gasteiger partial charge in [-0.05, 0) is 0 Å². The summed E-state index contributed by atoms with van der Waals surface area (Å²) in [6.45, 7) is -5.84. The van der Waals surface area contributed by atoms with Gasteiger partial charge in [0, 0.05) is 12.6 Å². The minimum Gasteiger partial charge on any atom is -0.394 e. The number of nitrogen functional groups attached to an aromatic ring is 1. The van der Waals surface area contributed by atoms with Crippen LogP contribution in [0.2, 0.25) is 0 Å². The van der Waals surface area contributed by atoms with Crippen LogP contribution in [0.4, 0.5) is 14.7 Å². The number of nitrogens with two attached hydrogens (primary N) is 1. The third-order valence-electron chi connectivity index (χ3n) is 7.14. The number of alkyl halides is 1. The SMILES string of the molecule is Nc1nc2c(ncn2[C@@H]2O[C@H](CO)[C@@H](F)[C@H]2OP(=O)(S)OC[C@H]2O[C@@H](n3cc(F)c4c(=O)[nH]cnc43)C[C@@H]2O[PH](=O)S)c(=O)[nH]1. The summed E-state index contributed by atoms with van der Waals surface area (Å²) in [6, 6.07) is 0. The van der Waals surface area contributed by atoms with E-state index in [2.05, 4.69) is 49.4 Å². The largest absolute Gasteiger partial charge is 0.394 e. The number of aliphatic hydroxyl groups excluding tert-OH is 1. The zero-order valence-corrected chi connectivity index (χ0v) is 26.1. The lowest BCUT2D eigenvalue weighted by Gasteiger charge is -2.25. The molecule has 2 aliphatic heterocycles. The van der Waals surface area contributed by atoms with Gasteiger partial charge in [-0.1, -0.05) is 24.5 Å². The van der Waals surface area contributed by atoms with Crippen molar-refractivity contribution in [2.75, 3.05) is 18.9 Å². The first-order valence-electron chi connectivity index (χ1n) is 12.9. The van der Waals surface area contributed by atoms with Crippen LogP contribution in [0.3, 0.4) is 0 Å². The quantitative estimate of drug-likeness (QED) is 0.100. The Bertz CT molecular complexity index is 1940. The van der Waals surface area contributed by atoms with Crippen LogP contribution in [-0.4, -0.2) is 83.0 Å². The molecule has 0 aliphatic carbocycles. The number of fused-ring (bicyclic) bond motifs is 2. The molecule has 6 rings (SSSR count). The van der Waals surface area contributed by atoms with Crippen molar-refractivity contribution in [1.29, 1.82) is 0 Å². The molecular weight excluding hydrogens is 688 g/mol. The highest BCUT2D eigenvalue weighted by molar-refractivity contribution is 8.44. The maximum Gasteiger partial charge on any atom is 0.386 e. The van der Waals surface area contributed by atoms with E-state index in [1.165, 1.54) is 4.57 Å². The Morgan fingerprint density at radius 1 is 1.22 bits per heavy atom. The number of thiol groups is 2. The van der Waals surface area contributed by atoms with Crippen LogP contribution in [-0.2, 0) is 32.2 Å². The number of anilines is 1. The average Bonchev–Trinajstić information content (AvgIpc) is 3.72. The molecule has 24 heteroatoms. The third-order valence-corrected chi connectivity index (χ3v) is 9.57. The smallest absolute Gasteiger partial charge is 0.386 e. The fraction of sp³-hybridized carbons (Fsp3) is 0.476. The second kappa shape index (κ2) is 12.5. The van der Waals surface area contributed by atoms with Crippen molar-refractivity contribution < 1.29 is 46.1 Å². The summed E-state index contributed by atoms with van der Waals surface area (Å²) >= 11 is 7.78. The molecule has 2 saturated heterocycles. The molecule has 4 aromatic rings. The number of H-pyrrole nitrogens is 2. The number of aromatic nitrogens is 7. The zero-order valence-electron chi connectivity index (χ0n) is 22.4. The third kappa shape index (κ3) is 6.23. The number of aliphatic hydroxyl groups is 1. The van der Waals surface area contributed by atoms with E-state index in [0.29, 0.717) is 0 Å². The molecule has 0 spiro atoms. The van der Waals surface area contributed by atoms with E-state index >= 15 is 4.39 Å². The van der Waals surface area contributed by atoms with Gasteiger partial charge in [-0.15, -0.1) is 0 Å². The highest BCUT2D eigenvalue weighted by atomic mass is 32.7. The Labute approximate surface area is 260 Å². The minimum atomic E-state index is -4.48. The Kier molecular flexibility index (Phi) is 8.98. The Hall–Kier alpha value is -2.65. The van der Waals surface area contributed by atoms with E-state index in [1.54, 1.807) is 0 Å². The number of hydrogen-bond acceptors (Lipinski definition) is 14. The lowest BCUT2D eigenvalue weighted by atomic mass is 10.1. The highest BCUT2D eigenvalue weighted by Gasteiger charge is 2.50. The van der Waals surface area contributed by atoms with Gasteiger partial charge >= 0.3 is 6.80 Å². The fourth-order valence-electron chi connectivity index (χ4n) is 5.20. The molecule has 2 fully saturated rings. The molecule has 2 unspecified atom stereocenters. The number of hydrogen-bond donors (Lipinski definition) is 6. The second-order valence-electron chi connectivity index (χ2n) is 9.90. The number of ether oxygens (including phenoxy) is 2. The van der Waals surface area contributed by atoms with Crippen LogP contribution >= 0.6 is 38.5 Å². The molecule has 0 saturated carbocycles. The van der Waals surface area contributed by atoms with Crippen molar-refractivity contribution in [1.82, 2.24) is 34.1 Å². The van der Waals surface area contributed by atoms with Gasteiger partial charge in [-0.25, -0.2) is 23.3 Å².